The van der Waals surface area contributed by atoms with E-state index in [1.807, 2.05) is 0 Å². The fraction of sp³-hybridized carbons (Fsp3) is 1.00. The summed E-state index contributed by atoms with van der Waals surface area (Å²) < 4.78 is 1.46. The first-order chi connectivity index (χ1) is 7.06. The standard InChI is InChI=1S/C12H26IN2/c1-10(2)14-6-7-15(11(3)4)12(9-14)8-13-5/h10-12H,6-9H2,1-5H3/q-1/t12-/m0/s1. The molecule has 0 N–H and O–H groups in total. The van der Waals surface area contributed by atoms with Crippen LogP contribution in [0.4, 0.5) is 0 Å². The van der Waals surface area contributed by atoms with Gasteiger partial charge in [0.2, 0.25) is 0 Å². The molecule has 1 heterocycles. The van der Waals surface area contributed by atoms with Gasteiger partial charge in [0.25, 0.3) is 0 Å². The summed E-state index contributed by atoms with van der Waals surface area (Å²) >= 11 is 0.422. The van der Waals surface area contributed by atoms with Gasteiger partial charge < -0.3 is 0 Å². The van der Waals surface area contributed by atoms with Crippen LogP contribution >= 0.6 is 0 Å². The zero-order valence-electron chi connectivity index (χ0n) is 10.8. The van der Waals surface area contributed by atoms with Crippen LogP contribution in [0.15, 0.2) is 0 Å². The van der Waals surface area contributed by atoms with Gasteiger partial charge in [-0.2, -0.15) is 0 Å². The summed E-state index contributed by atoms with van der Waals surface area (Å²) in [6, 6.07) is 2.27. The number of hydrogen-bond acceptors (Lipinski definition) is 2. The van der Waals surface area contributed by atoms with E-state index in [-0.39, 0.29) is 0 Å². The number of piperazine rings is 1. The van der Waals surface area contributed by atoms with Crippen molar-refractivity contribution in [2.45, 2.75) is 45.8 Å². The molecule has 92 valence electrons. The molecule has 0 aromatic rings. The third kappa shape index (κ3) is 3.86. The van der Waals surface area contributed by atoms with Crippen LogP contribution in [-0.4, -0.2) is 56.9 Å². The number of rotatable bonds is 4. The van der Waals surface area contributed by atoms with Crippen LogP contribution < -0.4 is 21.2 Å². The normalized spacial score (nSPS) is 25.7. The molecule has 1 rings (SSSR count). The van der Waals surface area contributed by atoms with Crippen LogP contribution in [0.3, 0.4) is 0 Å². The Hall–Kier alpha value is 0.650. The molecule has 0 radical (unpaired) electrons. The van der Waals surface area contributed by atoms with Gasteiger partial charge in [0, 0.05) is 0 Å². The topological polar surface area (TPSA) is 6.48 Å². The van der Waals surface area contributed by atoms with Crippen molar-refractivity contribution in [2.24, 2.45) is 0 Å². The van der Waals surface area contributed by atoms with Crippen LogP contribution in [0.5, 0.6) is 0 Å². The van der Waals surface area contributed by atoms with Crippen molar-refractivity contribution < 1.29 is 21.2 Å². The zero-order chi connectivity index (χ0) is 11.4. The predicted molar refractivity (Wildman–Crippen MR) is 63.1 cm³/mol. The van der Waals surface area contributed by atoms with E-state index < -0.39 is 0 Å². The molecule has 0 aromatic carbocycles. The Balaban J connectivity index is 2.56. The SMILES string of the molecule is C[I-]C[C@H]1CN(C(C)C)CCN1C(C)C. The Kier molecular flexibility index (Phi) is 5.85. The summed E-state index contributed by atoms with van der Waals surface area (Å²) in [5.41, 5.74) is 0. The van der Waals surface area contributed by atoms with Crippen LogP contribution in [0.25, 0.3) is 0 Å². The molecule has 0 amide bonds. The Morgan fingerprint density at radius 2 is 1.80 bits per heavy atom. The van der Waals surface area contributed by atoms with E-state index in [1.165, 1.54) is 24.1 Å². The molecule has 1 atom stereocenters. The van der Waals surface area contributed by atoms with E-state index in [0.717, 1.165) is 18.1 Å². The fourth-order valence-corrected chi connectivity index (χ4v) is 4.16. The number of hydrogen-bond donors (Lipinski definition) is 0. The quantitative estimate of drug-likeness (QED) is 0.459. The maximum absolute atomic E-state index is 2.71. The molecule has 3 heteroatoms. The van der Waals surface area contributed by atoms with Gasteiger partial charge in [-0.15, -0.1) is 0 Å². The molecule has 0 spiro atoms. The van der Waals surface area contributed by atoms with Gasteiger partial charge >= 0.3 is 106 Å². The second kappa shape index (κ2) is 6.40. The number of alkyl halides is 2. The number of nitrogens with zero attached hydrogens (tertiary/aromatic N) is 2. The van der Waals surface area contributed by atoms with Crippen LogP contribution in [-0.2, 0) is 0 Å². The van der Waals surface area contributed by atoms with Gasteiger partial charge in [-0.1, -0.05) is 0 Å². The molecule has 0 saturated carbocycles. The summed E-state index contributed by atoms with van der Waals surface area (Å²) in [4.78, 5) is 7.76. The van der Waals surface area contributed by atoms with Crippen LogP contribution in [0, 0.1) is 0 Å². The minimum atomic E-state index is 0.422. The predicted octanol–water partition coefficient (Wildman–Crippen LogP) is -1.49. The summed E-state index contributed by atoms with van der Waals surface area (Å²) in [5, 5.41) is 0. The Morgan fingerprint density at radius 3 is 2.27 bits per heavy atom. The van der Waals surface area contributed by atoms with Crippen molar-refractivity contribution in [3.63, 3.8) is 0 Å². The third-order valence-corrected chi connectivity index (χ3v) is 5.18. The first-order valence-electron chi connectivity index (χ1n) is 5.99. The molecule has 15 heavy (non-hydrogen) atoms. The molecule has 1 aliphatic rings. The van der Waals surface area contributed by atoms with E-state index in [4.69, 9.17) is 0 Å². The molecular weight excluding hydrogens is 299 g/mol. The van der Waals surface area contributed by atoms with Crippen LogP contribution in [0.1, 0.15) is 27.7 Å². The van der Waals surface area contributed by atoms with Gasteiger partial charge in [-0.3, -0.25) is 0 Å². The van der Waals surface area contributed by atoms with Crippen LogP contribution in [0.2, 0.25) is 0 Å². The molecule has 1 aliphatic heterocycles. The molecule has 1 fully saturated rings. The zero-order valence-corrected chi connectivity index (χ0v) is 13.0. The van der Waals surface area contributed by atoms with Gasteiger partial charge in [0.1, 0.15) is 0 Å². The Labute approximate surface area is 106 Å². The average Bonchev–Trinajstić information content (AvgIpc) is 2.17. The van der Waals surface area contributed by atoms with Gasteiger partial charge in [0.15, 0.2) is 0 Å². The van der Waals surface area contributed by atoms with Crippen molar-refractivity contribution >= 4 is 0 Å². The van der Waals surface area contributed by atoms with E-state index in [9.17, 15) is 0 Å². The third-order valence-electron chi connectivity index (χ3n) is 3.29. The molecule has 0 aromatic heterocycles. The summed E-state index contributed by atoms with van der Waals surface area (Å²) in [6.07, 6.45) is 0. The second-order valence-electron chi connectivity index (χ2n) is 5.00. The monoisotopic (exact) mass is 325 g/mol. The van der Waals surface area contributed by atoms with Crippen molar-refractivity contribution in [1.29, 1.82) is 0 Å². The summed E-state index contributed by atoms with van der Waals surface area (Å²) in [6.45, 7) is 13.1. The minimum absolute atomic E-state index is 0.422. The van der Waals surface area contributed by atoms with E-state index in [0.29, 0.717) is 21.2 Å². The first kappa shape index (κ1) is 13.7. The molecule has 1 saturated heterocycles. The molecular formula is C12H26IN2-. The van der Waals surface area contributed by atoms with Crippen molar-refractivity contribution in [3.8, 4) is 0 Å². The molecule has 2 nitrogen and oxygen atoms in total. The summed E-state index contributed by atoms with van der Waals surface area (Å²) in [7, 11) is 0. The van der Waals surface area contributed by atoms with E-state index in [2.05, 4.69) is 42.4 Å². The first-order valence-corrected chi connectivity index (χ1v) is 9.68. The van der Waals surface area contributed by atoms with Gasteiger partial charge in [-0.25, -0.2) is 0 Å². The Bertz CT molecular complexity index is 182. The Morgan fingerprint density at radius 1 is 1.13 bits per heavy atom. The molecule has 0 unspecified atom stereocenters. The molecule has 0 aliphatic carbocycles. The second-order valence-corrected chi connectivity index (χ2v) is 7.40. The maximum atomic E-state index is 2.71. The average molecular weight is 325 g/mol. The van der Waals surface area contributed by atoms with Crippen molar-refractivity contribution in [3.05, 3.63) is 0 Å². The summed E-state index contributed by atoms with van der Waals surface area (Å²) in [5.74, 6) is 0. The van der Waals surface area contributed by atoms with Crippen molar-refractivity contribution in [2.75, 3.05) is 29.0 Å². The van der Waals surface area contributed by atoms with E-state index in [1.54, 1.807) is 0 Å². The fourth-order valence-electron chi connectivity index (χ4n) is 2.36. The van der Waals surface area contributed by atoms with Gasteiger partial charge in [0.05, 0.1) is 0 Å². The molecule has 0 bridgehead atoms. The van der Waals surface area contributed by atoms with E-state index >= 15 is 0 Å². The van der Waals surface area contributed by atoms with Gasteiger partial charge in [-0.05, 0) is 0 Å². The van der Waals surface area contributed by atoms with Crippen molar-refractivity contribution in [1.82, 2.24) is 9.80 Å². The number of halogens is 1.